The first-order chi connectivity index (χ1) is 16.0. The molecule has 7 nitrogen and oxygen atoms in total. The van der Waals surface area contributed by atoms with Crippen molar-refractivity contribution in [2.45, 2.75) is 6.42 Å². The Labute approximate surface area is 190 Å². The van der Waals surface area contributed by atoms with Crippen LogP contribution in [-0.4, -0.2) is 45.0 Å². The second kappa shape index (κ2) is 9.95. The van der Waals surface area contributed by atoms with Crippen molar-refractivity contribution in [1.29, 1.82) is 0 Å². The SMILES string of the molecule is O=C(O)C1=CN(C/C(=N\O)c2cccc(Oc3ccccn3)c2)CC1Cc1ccc(F)cc1. The number of hydrogen-bond donors (Lipinski definition) is 2. The van der Waals surface area contributed by atoms with Gasteiger partial charge in [0.2, 0.25) is 5.88 Å². The largest absolute Gasteiger partial charge is 0.478 e. The lowest BCUT2D eigenvalue weighted by atomic mass is 9.94. The molecular formula is C25H22FN3O4. The molecule has 0 radical (unpaired) electrons. The van der Waals surface area contributed by atoms with E-state index < -0.39 is 5.97 Å². The van der Waals surface area contributed by atoms with Gasteiger partial charge in [-0.15, -0.1) is 0 Å². The molecule has 1 aromatic heterocycles. The van der Waals surface area contributed by atoms with E-state index in [2.05, 4.69) is 10.1 Å². The Hall–Kier alpha value is -4.20. The highest BCUT2D eigenvalue weighted by Gasteiger charge is 2.30. The molecule has 0 saturated heterocycles. The number of hydrogen-bond acceptors (Lipinski definition) is 6. The van der Waals surface area contributed by atoms with E-state index in [-0.39, 0.29) is 23.9 Å². The van der Waals surface area contributed by atoms with Crippen LogP contribution in [0.2, 0.25) is 0 Å². The van der Waals surface area contributed by atoms with Crippen molar-refractivity contribution in [1.82, 2.24) is 9.88 Å². The molecule has 2 aromatic carbocycles. The molecule has 4 rings (SSSR count). The van der Waals surface area contributed by atoms with Gasteiger partial charge in [-0.25, -0.2) is 14.2 Å². The minimum absolute atomic E-state index is 0.209. The number of benzene rings is 2. The Kier molecular flexibility index (Phi) is 6.64. The van der Waals surface area contributed by atoms with Gasteiger partial charge in [-0.1, -0.05) is 35.5 Å². The highest BCUT2D eigenvalue weighted by Crippen LogP contribution is 2.27. The zero-order chi connectivity index (χ0) is 23.2. The lowest BCUT2D eigenvalue weighted by Crippen LogP contribution is -2.27. The first-order valence-corrected chi connectivity index (χ1v) is 10.4. The number of ether oxygens (including phenoxy) is 1. The van der Waals surface area contributed by atoms with Crippen LogP contribution in [0.4, 0.5) is 4.39 Å². The van der Waals surface area contributed by atoms with Gasteiger partial charge >= 0.3 is 5.97 Å². The molecule has 1 aliphatic heterocycles. The van der Waals surface area contributed by atoms with Crippen molar-refractivity contribution in [3.63, 3.8) is 0 Å². The quantitative estimate of drug-likeness (QED) is 0.303. The molecule has 2 heterocycles. The maximum absolute atomic E-state index is 13.2. The van der Waals surface area contributed by atoms with Crippen molar-refractivity contribution in [2.24, 2.45) is 11.1 Å². The number of oxime groups is 1. The van der Waals surface area contributed by atoms with E-state index in [0.717, 1.165) is 5.56 Å². The lowest BCUT2D eigenvalue weighted by Gasteiger charge is -2.19. The molecule has 1 aliphatic rings. The fraction of sp³-hybridized carbons (Fsp3) is 0.160. The predicted molar refractivity (Wildman–Crippen MR) is 120 cm³/mol. The minimum Gasteiger partial charge on any atom is -0.478 e. The fourth-order valence-electron chi connectivity index (χ4n) is 3.80. The van der Waals surface area contributed by atoms with Crippen LogP contribution < -0.4 is 4.74 Å². The summed E-state index contributed by atoms with van der Waals surface area (Å²) in [6.07, 6.45) is 3.67. The van der Waals surface area contributed by atoms with Crippen molar-refractivity contribution in [3.8, 4) is 11.6 Å². The molecule has 168 valence electrons. The van der Waals surface area contributed by atoms with Crippen molar-refractivity contribution >= 4 is 11.7 Å². The smallest absolute Gasteiger partial charge is 0.333 e. The Balaban J connectivity index is 1.47. The molecule has 0 fully saturated rings. The van der Waals surface area contributed by atoms with E-state index in [1.165, 1.54) is 12.1 Å². The van der Waals surface area contributed by atoms with Crippen LogP contribution in [0.3, 0.4) is 0 Å². The third-order valence-corrected chi connectivity index (χ3v) is 5.36. The van der Waals surface area contributed by atoms with Gasteiger partial charge in [0.15, 0.2) is 0 Å². The second-order valence-corrected chi connectivity index (χ2v) is 7.69. The first-order valence-electron chi connectivity index (χ1n) is 10.4. The third kappa shape index (κ3) is 5.54. The summed E-state index contributed by atoms with van der Waals surface area (Å²) >= 11 is 0. The second-order valence-electron chi connectivity index (χ2n) is 7.69. The number of carboxylic acid groups (broad SMARTS) is 1. The molecule has 3 aromatic rings. The topological polar surface area (TPSA) is 95.2 Å². The average molecular weight is 447 g/mol. The molecule has 0 amide bonds. The molecular weight excluding hydrogens is 425 g/mol. The van der Waals surface area contributed by atoms with E-state index in [1.54, 1.807) is 65.8 Å². The summed E-state index contributed by atoms with van der Waals surface area (Å²) in [5, 5.41) is 22.8. The van der Waals surface area contributed by atoms with Gasteiger partial charge in [-0.3, -0.25) is 0 Å². The van der Waals surface area contributed by atoms with Crippen molar-refractivity contribution in [2.75, 3.05) is 13.1 Å². The summed E-state index contributed by atoms with van der Waals surface area (Å²) in [6.45, 7) is 0.641. The molecule has 0 spiro atoms. The maximum atomic E-state index is 13.2. The molecule has 0 saturated carbocycles. The van der Waals surface area contributed by atoms with Gasteiger partial charge in [0, 0.05) is 36.5 Å². The van der Waals surface area contributed by atoms with Crippen LogP contribution in [0.15, 0.2) is 89.9 Å². The summed E-state index contributed by atoms with van der Waals surface area (Å²) in [7, 11) is 0. The van der Waals surface area contributed by atoms with Crippen molar-refractivity contribution < 1.29 is 24.2 Å². The molecule has 1 atom stereocenters. The number of carboxylic acids is 1. The number of aromatic nitrogens is 1. The molecule has 2 N–H and O–H groups in total. The van der Waals surface area contributed by atoms with Crippen LogP contribution in [0.5, 0.6) is 11.6 Å². The number of pyridine rings is 1. The van der Waals surface area contributed by atoms with Gasteiger partial charge < -0.3 is 20.0 Å². The fourth-order valence-corrected chi connectivity index (χ4v) is 3.80. The Bertz CT molecular complexity index is 1180. The number of carbonyl (C=O) groups is 1. The Morgan fingerprint density at radius 2 is 1.97 bits per heavy atom. The predicted octanol–water partition coefficient (Wildman–Crippen LogP) is 4.33. The zero-order valence-corrected chi connectivity index (χ0v) is 17.6. The zero-order valence-electron chi connectivity index (χ0n) is 17.6. The number of aliphatic carboxylic acids is 1. The highest BCUT2D eigenvalue weighted by molar-refractivity contribution is 6.02. The van der Waals surface area contributed by atoms with E-state index in [4.69, 9.17) is 4.74 Å². The van der Waals surface area contributed by atoms with Gasteiger partial charge in [-0.2, -0.15) is 0 Å². The first kappa shape index (κ1) is 22.0. The summed E-state index contributed by atoms with van der Waals surface area (Å²) in [5.41, 5.74) is 2.12. The van der Waals surface area contributed by atoms with Gasteiger partial charge in [0.1, 0.15) is 17.3 Å². The molecule has 1 unspecified atom stereocenters. The summed E-state index contributed by atoms with van der Waals surface area (Å²) in [5.74, 6) is -0.637. The molecule has 33 heavy (non-hydrogen) atoms. The maximum Gasteiger partial charge on any atom is 0.333 e. The van der Waals surface area contributed by atoms with Gasteiger partial charge in [0.05, 0.1) is 12.1 Å². The van der Waals surface area contributed by atoms with Gasteiger partial charge in [0.25, 0.3) is 0 Å². The number of halogens is 1. The normalized spacial score (nSPS) is 15.9. The van der Waals surface area contributed by atoms with Crippen LogP contribution in [0, 0.1) is 11.7 Å². The monoisotopic (exact) mass is 447 g/mol. The average Bonchev–Trinajstić information content (AvgIpc) is 3.22. The van der Waals surface area contributed by atoms with E-state index in [1.807, 2.05) is 6.07 Å². The van der Waals surface area contributed by atoms with Crippen LogP contribution >= 0.6 is 0 Å². The highest BCUT2D eigenvalue weighted by atomic mass is 19.1. The molecule has 0 aliphatic carbocycles. The van der Waals surface area contributed by atoms with E-state index >= 15 is 0 Å². The van der Waals surface area contributed by atoms with Crippen molar-refractivity contribution in [3.05, 3.63) is 102 Å². The van der Waals surface area contributed by atoms with Crippen LogP contribution in [0.1, 0.15) is 11.1 Å². The summed E-state index contributed by atoms with van der Waals surface area (Å²) in [4.78, 5) is 17.7. The van der Waals surface area contributed by atoms with Gasteiger partial charge in [-0.05, 0) is 42.3 Å². The Morgan fingerprint density at radius 1 is 1.15 bits per heavy atom. The molecule has 0 bridgehead atoms. The van der Waals surface area contributed by atoms with E-state index in [9.17, 15) is 19.5 Å². The Morgan fingerprint density at radius 3 is 2.67 bits per heavy atom. The standard InChI is InChI=1S/C25H22FN3O4/c26-20-9-7-17(8-10-20)12-19-14-29(15-22(19)25(30)31)16-23(28-32)18-4-3-5-21(13-18)33-24-6-1-2-11-27-24/h1-11,13,15,19,32H,12,14,16H2,(H,30,31)/b28-23+. The molecule has 8 heteroatoms. The number of rotatable bonds is 8. The lowest BCUT2D eigenvalue weighted by molar-refractivity contribution is -0.133. The van der Waals surface area contributed by atoms with E-state index in [0.29, 0.717) is 35.9 Å². The minimum atomic E-state index is -1.00. The number of nitrogens with zero attached hydrogens (tertiary/aromatic N) is 3. The summed E-state index contributed by atoms with van der Waals surface area (Å²) < 4.78 is 18.9. The summed E-state index contributed by atoms with van der Waals surface area (Å²) in [6, 6.07) is 18.4. The third-order valence-electron chi connectivity index (χ3n) is 5.36. The van der Waals surface area contributed by atoms with Crippen LogP contribution in [-0.2, 0) is 11.2 Å². The van der Waals surface area contributed by atoms with Crippen LogP contribution in [0.25, 0.3) is 0 Å².